The van der Waals surface area contributed by atoms with Crippen molar-refractivity contribution in [1.29, 1.82) is 0 Å². The first-order chi connectivity index (χ1) is 17.0. The largest absolute Gasteiger partial charge is 0.494 e. The SMILES string of the molecule is CCOc1ccc(-n2c(SCc3cc(=O)oc4cc(C)ccc34)nnc2-c2cccc(C)c2)cc1. The van der Waals surface area contributed by atoms with Gasteiger partial charge >= 0.3 is 5.63 Å². The zero-order valence-corrected chi connectivity index (χ0v) is 20.6. The van der Waals surface area contributed by atoms with Crippen molar-refractivity contribution in [3.05, 3.63) is 99.9 Å². The second kappa shape index (κ2) is 9.80. The smallest absolute Gasteiger partial charge is 0.336 e. The second-order valence-electron chi connectivity index (χ2n) is 8.32. The quantitative estimate of drug-likeness (QED) is 0.198. The minimum Gasteiger partial charge on any atom is -0.494 e. The first-order valence-electron chi connectivity index (χ1n) is 11.4. The maximum Gasteiger partial charge on any atom is 0.336 e. The molecule has 2 aromatic heterocycles. The molecule has 6 nitrogen and oxygen atoms in total. The molecule has 2 heterocycles. The molecule has 0 unspecified atom stereocenters. The normalized spacial score (nSPS) is 11.2. The molecule has 5 rings (SSSR count). The van der Waals surface area contributed by atoms with Crippen LogP contribution in [0.4, 0.5) is 0 Å². The Morgan fingerprint density at radius 1 is 0.943 bits per heavy atom. The van der Waals surface area contributed by atoms with Gasteiger partial charge in [-0.05, 0) is 68.3 Å². The van der Waals surface area contributed by atoms with Crippen molar-refractivity contribution in [2.75, 3.05) is 6.61 Å². The fourth-order valence-electron chi connectivity index (χ4n) is 4.02. The molecular formula is C28H25N3O3S. The number of ether oxygens (including phenoxy) is 1. The van der Waals surface area contributed by atoms with Crippen LogP contribution in [0.5, 0.6) is 5.75 Å². The monoisotopic (exact) mass is 483 g/mol. The van der Waals surface area contributed by atoms with Gasteiger partial charge in [0.15, 0.2) is 11.0 Å². The zero-order chi connectivity index (χ0) is 24.4. The number of thioether (sulfide) groups is 1. The Hall–Kier alpha value is -3.84. The van der Waals surface area contributed by atoms with Crippen molar-refractivity contribution in [3.63, 3.8) is 0 Å². The Labute approximate surface area is 207 Å². The molecule has 0 atom stereocenters. The van der Waals surface area contributed by atoms with Crippen LogP contribution in [-0.2, 0) is 5.75 Å². The van der Waals surface area contributed by atoms with E-state index in [4.69, 9.17) is 9.15 Å². The van der Waals surface area contributed by atoms with Gasteiger partial charge in [0.2, 0.25) is 0 Å². The van der Waals surface area contributed by atoms with Crippen LogP contribution in [0.2, 0.25) is 0 Å². The first kappa shape index (κ1) is 22.9. The number of nitrogens with zero attached hydrogens (tertiary/aromatic N) is 3. The van der Waals surface area contributed by atoms with E-state index in [1.54, 1.807) is 6.07 Å². The average molecular weight is 484 g/mol. The lowest BCUT2D eigenvalue weighted by molar-refractivity contribution is 0.340. The number of aromatic nitrogens is 3. The Morgan fingerprint density at radius 2 is 1.74 bits per heavy atom. The van der Waals surface area contributed by atoms with E-state index < -0.39 is 0 Å². The van der Waals surface area contributed by atoms with Crippen LogP contribution in [0.25, 0.3) is 28.0 Å². The summed E-state index contributed by atoms with van der Waals surface area (Å²) in [6, 6.07) is 23.6. The third-order valence-corrected chi connectivity index (χ3v) is 6.64. The summed E-state index contributed by atoms with van der Waals surface area (Å²) in [5.74, 6) is 2.12. The van der Waals surface area contributed by atoms with E-state index in [0.717, 1.165) is 50.1 Å². The van der Waals surface area contributed by atoms with Crippen LogP contribution in [0.3, 0.4) is 0 Å². The molecule has 0 aliphatic rings. The standard InChI is InChI=1S/C28H25N3O3S/c1-4-33-23-11-9-22(10-12-23)31-27(20-7-5-6-18(2)14-20)29-30-28(31)35-17-21-16-26(32)34-25-15-19(3)8-13-24(21)25/h5-16H,4,17H2,1-3H3. The van der Waals surface area contributed by atoms with Gasteiger partial charge in [-0.25, -0.2) is 4.79 Å². The molecule has 0 saturated heterocycles. The average Bonchev–Trinajstić information content (AvgIpc) is 3.27. The highest BCUT2D eigenvalue weighted by Crippen LogP contribution is 2.32. The van der Waals surface area contributed by atoms with E-state index in [1.165, 1.54) is 11.8 Å². The number of hydrogen-bond acceptors (Lipinski definition) is 6. The second-order valence-corrected chi connectivity index (χ2v) is 9.26. The fraction of sp³-hybridized carbons (Fsp3) is 0.179. The predicted octanol–water partition coefficient (Wildman–Crippen LogP) is 6.35. The summed E-state index contributed by atoms with van der Waals surface area (Å²) < 4.78 is 13.1. The van der Waals surface area contributed by atoms with Crippen LogP contribution < -0.4 is 10.4 Å². The summed E-state index contributed by atoms with van der Waals surface area (Å²) in [7, 11) is 0. The van der Waals surface area contributed by atoms with Crippen LogP contribution in [0, 0.1) is 13.8 Å². The number of benzene rings is 3. The first-order valence-corrected chi connectivity index (χ1v) is 12.4. The van der Waals surface area contributed by atoms with Crippen molar-refractivity contribution >= 4 is 22.7 Å². The molecule has 7 heteroatoms. The predicted molar refractivity (Wildman–Crippen MR) is 139 cm³/mol. The fourth-order valence-corrected chi connectivity index (χ4v) is 4.97. The van der Waals surface area contributed by atoms with Crippen molar-refractivity contribution in [1.82, 2.24) is 14.8 Å². The van der Waals surface area contributed by atoms with E-state index >= 15 is 0 Å². The van der Waals surface area contributed by atoms with Crippen molar-refractivity contribution in [3.8, 4) is 22.8 Å². The highest BCUT2D eigenvalue weighted by Gasteiger charge is 2.17. The summed E-state index contributed by atoms with van der Waals surface area (Å²) in [5, 5.41) is 10.7. The molecule has 35 heavy (non-hydrogen) atoms. The van der Waals surface area contributed by atoms with Gasteiger partial charge in [-0.1, -0.05) is 47.7 Å². The lowest BCUT2D eigenvalue weighted by Crippen LogP contribution is -2.02. The van der Waals surface area contributed by atoms with E-state index in [-0.39, 0.29) is 5.63 Å². The number of rotatable bonds is 7. The van der Waals surface area contributed by atoms with Gasteiger partial charge in [-0.15, -0.1) is 10.2 Å². The maximum absolute atomic E-state index is 12.2. The molecule has 0 fully saturated rings. The lowest BCUT2D eigenvalue weighted by atomic mass is 10.1. The van der Waals surface area contributed by atoms with E-state index in [1.807, 2.05) is 73.0 Å². The highest BCUT2D eigenvalue weighted by molar-refractivity contribution is 7.98. The molecule has 0 N–H and O–H groups in total. The Bertz CT molecular complexity index is 1550. The van der Waals surface area contributed by atoms with Crippen LogP contribution >= 0.6 is 11.8 Å². The molecule has 0 radical (unpaired) electrons. The lowest BCUT2D eigenvalue weighted by Gasteiger charge is -2.12. The molecule has 3 aromatic carbocycles. The molecule has 5 aromatic rings. The van der Waals surface area contributed by atoms with Gasteiger partial charge in [-0.3, -0.25) is 4.57 Å². The van der Waals surface area contributed by atoms with Gasteiger partial charge in [0.1, 0.15) is 11.3 Å². The van der Waals surface area contributed by atoms with Crippen LogP contribution in [0.1, 0.15) is 23.6 Å². The minimum absolute atomic E-state index is 0.355. The van der Waals surface area contributed by atoms with Gasteiger partial charge in [0, 0.05) is 28.5 Å². The van der Waals surface area contributed by atoms with Gasteiger partial charge < -0.3 is 9.15 Å². The molecule has 0 spiro atoms. The summed E-state index contributed by atoms with van der Waals surface area (Å²) in [4.78, 5) is 12.2. The van der Waals surface area contributed by atoms with Crippen LogP contribution in [0.15, 0.2) is 87.2 Å². The number of aryl methyl sites for hydroxylation is 2. The summed E-state index contributed by atoms with van der Waals surface area (Å²) in [6.07, 6.45) is 0. The third kappa shape index (κ3) is 4.86. The van der Waals surface area contributed by atoms with Crippen molar-refractivity contribution in [2.24, 2.45) is 0 Å². The molecule has 0 aliphatic heterocycles. The molecular weight excluding hydrogens is 458 g/mol. The number of fused-ring (bicyclic) bond motifs is 1. The third-order valence-electron chi connectivity index (χ3n) is 5.66. The summed E-state index contributed by atoms with van der Waals surface area (Å²) >= 11 is 1.53. The summed E-state index contributed by atoms with van der Waals surface area (Å²) in [6.45, 7) is 6.62. The molecule has 0 saturated carbocycles. The van der Waals surface area contributed by atoms with E-state index in [2.05, 4.69) is 29.3 Å². The Balaban J connectivity index is 1.55. The van der Waals surface area contributed by atoms with Gasteiger partial charge in [-0.2, -0.15) is 0 Å². The van der Waals surface area contributed by atoms with E-state index in [9.17, 15) is 4.79 Å². The van der Waals surface area contributed by atoms with E-state index in [0.29, 0.717) is 17.9 Å². The van der Waals surface area contributed by atoms with Gasteiger partial charge in [0.25, 0.3) is 0 Å². The molecule has 0 amide bonds. The van der Waals surface area contributed by atoms with Crippen molar-refractivity contribution < 1.29 is 9.15 Å². The van der Waals surface area contributed by atoms with Crippen molar-refractivity contribution in [2.45, 2.75) is 31.7 Å². The Morgan fingerprint density at radius 3 is 2.51 bits per heavy atom. The zero-order valence-electron chi connectivity index (χ0n) is 19.8. The molecule has 0 aliphatic carbocycles. The number of hydrogen-bond donors (Lipinski definition) is 0. The minimum atomic E-state index is -0.355. The highest BCUT2D eigenvalue weighted by atomic mass is 32.2. The summed E-state index contributed by atoms with van der Waals surface area (Å²) in [5.41, 5.74) is 5.26. The maximum atomic E-state index is 12.2. The molecule has 0 bridgehead atoms. The molecule has 176 valence electrons. The van der Waals surface area contributed by atoms with Gasteiger partial charge in [0.05, 0.1) is 6.61 Å². The van der Waals surface area contributed by atoms with Crippen LogP contribution in [-0.4, -0.2) is 21.4 Å². The topological polar surface area (TPSA) is 70.2 Å². The Kier molecular flexibility index (Phi) is 6.42.